The number of carbonyl (C=O) groups is 1. The highest BCUT2D eigenvalue weighted by atomic mass is 16.5. The maximum Gasteiger partial charge on any atom is 0.227 e. The number of aromatic nitrogens is 2. The number of amides is 1. The maximum absolute atomic E-state index is 11.5. The standard InChI is InChI=1S/C19H25N5O3/c1-13-11-18(21-15-5-6-16(26-3)17(12-15)27-4)22-19(20-13)24-9-7-23(8-10-24)14(2)25/h5-6,11-12H,7-10H2,1-4H3,(H,20,21,22). The molecule has 2 heterocycles. The largest absolute Gasteiger partial charge is 0.493 e. The van der Waals surface area contributed by atoms with E-state index >= 15 is 0 Å². The Hall–Kier alpha value is -3.03. The average Bonchev–Trinajstić information content (AvgIpc) is 2.67. The van der Waals surface area contributed by atoms with Gasteiger partial charge in [0, 0.05) is 56.6 Å². The molecule has 1 amide bonds. The van der Waals surface area contributed by atoms with Crippen molar-refractivity contribution in [1.82, 2.24) is 14.9 Å². The second-order valence-electron chi connectivity index (χ2n) is 6.38. The topological polar surface area (TPSA) is 79.8 Å². The summed E-state index contributed by atoms with van der Waals surface area (Å²) < 4.78 is 10.6. The van der Waals surface area contributed by atoms with E-state index in [4.69, 9.17) is 9.47 Å². The molecule has 3 rings (SSSR count). The van der Waals surface area contributed by atoms with Crippen molar-refractivity contribution in [3.63, 3.8) is 0 Å². The lowest BCUT2D eigenvalue weighted by Gasteiger charge is -2.34. The number of benzene rings is 1. The van der Waals surface area contributed by atoms with Gasteiger partial charge in [-0.05, 0) is 19.1 Å². The number of rotatable bonds is 5. The van der Waals surface area contributed by atoms with E-state index in [1.54, 1.807) is 21.1 Å². The Labute approximate surface area is 159 Å². The highest BCUT2D eigenvalue weighted by Crippen LogP contribution is 2.31. The van der Waals surface area contributed by atoms with Crippen LogP contribution in [0.5, 0.6) is 11.5 Å². The van der Waals surface area contributed by atoms with Gasteiger partial charge in [0.2, 0.25) is 11.9 Å². The molecule has 1 aliphatic heterocycles. The van der Waals surface area contributed by atoms with Crippen molar-refractivity contribution in [2.24, 2.45) is 0 Å². The Morgan fingerprint density at radius 2 is 1.74 bits per heavy atom. The van der Waals surface area contributed by atoms with Gasteiger partial charge >= 0.3 is 0 Å². The number of piperazine rings is 1. The lowest BCUT2D eigenvalue weighted by atomic mass is 10.2. The highest BCUT2D eigenvalue weighted by Gasteiger charge is 2.21. The second kappa shape index (κ2) is 8.11. The van der Waals surface area contributed by atoms with Crippen molar-refractivity contribution in [2.75, 3.05) is 50.6 Å². The molecule has 144 valence electrons. The van der Waals surface area contributed by atoms with E-state index in [0.29, 0.717) is 36.4 Å². The highest BCUT2D eigenvalue weighted by molar-refractivity contribution is 5.73. The minimum Gasteiger partial charge on any atom is -0.493 e. The van der Waals surface area contributed by atoms with Crippen LogP contribution < -0.4 is 19.7 Å². The fraction of sp³-hybridized carbons (Fsp3) is 0.421. The van der Waals surface area contributed by atoms with Gasteiger partial charge in [-0.2, -0.15) is 4.98 Å². The Morgan fingerprint density at radius 1 is 1.04 bits per heavy atom. The van der Waals surface area contributed by atoms with Gasteiger partial charge in [-0.25, -0.2) is 4.98 Å². The number of hydrogen-bond acceptors (Lipinski definition) is 7. The first kappa shape index (κ1) is 18.8. The number of hydrogen-bond donors (Lipinski definition) is 1. The summed E-state index contributed by atoms with van der Waals surface area (Å²) in [5, 5.41) is 3.30. The van der Waals surface area contributed by atoms with E-state index < -0.39 is 0 Å². The molecule has 0 atom stereocenters. The van der Waals surface area contributed by atoms with Gasteiger partial charge < -0.3 is 24.6 Å². The van der Waals surface area contributed by atoms with Crippen LogP contribution in [0, 0.1) is 6.92 Å². The Morgan fingerprint density at radius 3 is 2.37 bits per heavy atom. The summed E-state index contributed by atoms with van der Waals surface area (Å²) in [6.07, 6.45) is 0. The first-order chi connectivity index (χ1) is 13.0. The monoisotopic (exact) mass is 371 g/mol. The Bertz CT molecular complexity index is 819. The summed E-state index contributed by atoms with van der Waals surface area (Å²) in [5.41, 5.74) is 1.72. The molecule has 0 spiro atoms. The molecular formula is C19H25N5O3. The Balaban J connectivity index is 1.77. The first-order valence-corrected chi connectivity index (χ1v) is 8.85. The molecule has 1 aromatic carbocycles. The molecule has 8 nitrogen and oxygen atoms in total. The minimum absolute atomic E-state index is 0.107. The molecule has 1 aromatic heterocycles. The number of anilines is 3. The number of nitrogens with one attached hydrogen (secondary N) is 1. The fourth-order valence-corrected chi connectivity index (χ4v) is 3.04. The number of methoxy groups -OCH3 is 2. The molecule has 1 saturated heterocycles. The van der Waals surface area contributed by atoms with E-state index in [1.165, 1.54) is 0 Å². The number of ether oxygens (including phenoxy) is 2. The maximum atomic E-state index is 11.5. The van der Waals surface area contributed by atoms with Gasteiger partial charge in [-0.3, -0.25) is 4.79 Å². The SMILES string of the molecule is COc1ccc(Nc2cc(C)nc(N3CCN(C(C)=O)CC3)n2)cc1OC. The molecular weight excluding hydrogens is 346 g/mol. The van der Waals surface area contributed by atoms with Crippen molar-refractivity contribution in [3.05, 3.63) is 30.0 Å². The third-order valence-corrected chi connectivity index (χ3v) is 4.51. The molecule has 0 radical (unpaired) electrons. The van der Waals surface area contributed by atoms with Crippen LogP contribution in [0.15, 0.2) is 24.3 Å². The zero-order chi connectivity index (χ0) is 19.4. The average molecular weight is 371 g/mol. The van der Waals surface area contributed by atoms with Crippen molar-refractivity contribution < 1.29 is 14.3 Å². The summed E-state index contributed by atoms with van der Waals surface area (Å²) in [6.45, 7) is 6.36. The van der Waals surface area contributed by atoms with E-state index in [2.05, 4.69) is 20.2 Å². The van der Waals surface area contributed by atoms with Crippen LogP contribution in [0.1, 0.15) is 12.6 Å². The lowest BCUT2D eigenvalue weighted by Crippen LogP contribution is -2.48. The van der Waals surface area contributed by atoms with Crippen molar-refractivity contribution in [1.29, 1.82) is 0 Å². The molecule has 1 aliphatic rings. The van der Waals surface area contributed by atoms with Crippen LogP contribution in [-0.4, -0.2) is 61.2 Å². The van der Waals surface area contributed by atoms with Gasteiger partial charge in [0.05, 0.1) is 14.2 Å². The van der Waals surface area contributed by atoms with E-state index in [1.807, 2.05) is 36.1 Å². The zero-order valence-electron chi connectivity index (χ0n) is 16.2. The predicted molar refractivity (Wildman–Crippen MR) is 104 cm³/mol. The normalized spacial score (nSPS) is 14.1. The lowest BCUT2D eigenvalue weighted by molar-refractivity contribution is -0.129. The van der Waals surface area contributed by atoms with Crippen LogP contribution in [0.3, 0.4) is 0 Å². The molecule has 2 aromatic rings. The smallest absolute Gasteiger partial charge is 0.227 e. The molecule has 0 unspecified atom stereocenters. The van der Waals surface area contributed by atoms with Gasteiger partial charge in [-0.15, -0.1) is 0 Å². The van der Waals surface area contributed by atoms with Gasteiger partial charge in [-0.1, -0.05) is 0 Å². The van der Waals surface area contributed by atoms with Crippen molar-refractivity contribution in [2.45, 2.75) is 13.8 Å². The first-order valence-electron chi connectivity index (χ1n) is 8.85. The van der Waals surface area contributed by atoms with Crippen molar-refractivity contribution >= 4 is 23.4 Å². The summed E-state index contributed by atoms with van der Waals surface area (Å²) in [7, 11) is 3.21. The van der Waals surface area contributed by atoms with E-state index in [9.17, 15) is 4.79 Å². The summed E-state index contributed by atoms with van der Waals surface area (Å²) in [5.74, 6) is 2.80. The molecule has 1 N–H and O–H groups in total. The summed E-state index contributed by atoms with van der Waals surface area (Å²) in [6, 6.07) is 7.51. The quantitative estimate of drug-likeness (QED) is 0.863. The van der Waals surface area contributed by atoms with E-state index in [0.717, 1.165) is 24.5 Å². The third-order valence-electron chi connectivity index (χ3n) is 4.51. The third kappa shape index (κ3) is 4.39. The zero-order valence-corrected chi connectivity index (χ0v) is 16.2. The molecule has 0 saturated carbocycles. The molecule has 1 fully saturated rings. The predicted octanol–water partition coefficient (Wildman–Crippen LogP) is 2.21. The number of carbonyl (C=O) groups excluding carboxylic acids is 1. The molecule has 0 bridgehead atoms. The molecule has 0 aliphatic carbocycles. The van der Waals surface area contributed by atoms with E-state index in [-0.39, 0.29) is 5.91 Å². The van der Waals surface area contributed by atoms with Crippen LogP contribution >= 0.6 is 0 Å². The minimum atomic E-state index is 0.107. The van der Waals surface area contributed by atoms with Crippen molar-refractivity contribution in [3.8, 4) is 11.5 Å². The van der Waals surface area contributed by atoms with Gasteiger partial charge in [0.25, 0.3) is 0 Å². The van der Waals surface area contributed by atoms with Crippen LogP contribution in [0.25, 0.3) is 0 Å². The van der Waals surface area contributed by atoms with Crippen LogP contribution in [-0.2, 0) is 4.79 Å². The summed E-state index contributed by atoms with van der Waals surface area (Å²) in [4.78, 5) is 24.6. The number of aryl methyl sites for hydroxylation is 1. The van der Waals surface area contributed by atoms with Crippen LogP contribution in [0.4, 0.5) is 17.5 Å². The molecule has 27 heavy (non-hydrogen) atoms. The van der Waals surface area contributed by atoms with Gasteiger partial charge in [0.15, 0.2) is 11.5 Å². The van der Waals surface area contributed by atoms with Crippen LogP contribution in [0.2, 0.25) is 0 Å². The summed E-state index contributed by atoms with van der Waals surface area (Å²) >= 11 is 0. The Kier molecular flexibility index (Phi) is 5.63. The molecule has 8 heteroatoms. The second-order valence-corrected chi connectivity index (χ2v) is 6.38. The fourth-order valence-electron chi connectivity index (χ4n) is 3.04. The number of nitrogens with zero attached hydrogens (tertiary/aromatic N) is 4. The van der Waals surface area contributed by atoms with Gasteiger partial charge in [0.1, 0.15) is 5.82 Å².